The largest absolute Gasteiger partial charge is 0.253 e. The molecule has 0 aromatic heterocycles. The van der Waals surface area contributed by atoms with Crippen LogP contribution in [0.25, 0.3) is 0 Å². The monoisotopic (exact) mass is 328 g/mol. The molecule has 1 heterocycles. The van der Waals surface area contributed by atoms with Gasteiger partial charge in [-0.05, 0) is 36.5 Å². The molecule has 1 rings (SSSR count). The maximum absolute atomic E-state index is 2.30. The summed E-state index contributed by atoms with van der Waals surface area (Å²) in [5, 5.41) is 0. The minimum Gasteiger partial charge on any atom is -0.253 e. The van der Waals surface area contributed by atoms with E-state index >= 15 is 0 Å². The van der Waals surface area contributed by atoms with E-state index in [9.17, 15) is 0 Å². The van der Waals surface area contributed by atoms with Gasteiger partial charge in [-0.2, -0.15) is 0 Å². The molecule has 0 bridgehead atoms. The molecule has 1 aliphatic rings. The van der Waals surface area contributed by atoms with Crippen molar-refractivity contribution in [2.75, 3.05) is 17.3 Å². The third kappa shape index (κ3) is 12.9. The maximum Gasteiger partial charge on any atom is -0.0253 e. The first-order valence-corrected chi connectivity index (χ1v) is 12.6. The van der Waals surface area contributed by atoms with E-state index in [-0.39, 0.29) is 0 Å². The summed E-state index contributed by atoms with van der Waals surface area (Å²) in [7, 11) is 0.488. The predicted molar refractivity (Wildman–Crippen MR) is 108 cm³/mol. The number of rotatable bonds is 15. The summed E-state index contributed by atoms with van der Waals surface area (Å²) in [6.45, 7) is 2.30. The molecule has 0 N–H and O–H groups in total. The third-order valence-electron chi connectivity index (χ3n) is 5.28. The van der Waals surface area contributed by atoms with Gasteiger partial charge in [0.15, 0.2) is 0 Å². The quantitative estimate of drug-likeness (QED) is 0.231. The van der Waals surface area contributed by atoms with Gasteiger partial charge in [-0.25, -0.2) is 0 Å². The van der Waals surface area contributed by atoms with Crippen molar-refractivity contribution in [1.82, 2.24) is 0 Å². The Morgan fingerprint density at radius 1 is 0.500 bits per heavy atom. The second kappa shape index (κ2) is 16.2. The van der Waals surface area contributed by atoms with Crippen molar-refractivity contribution in [2.45, 2.75) is 116 Å². The molecule has 0 aromatic rings. The minimum absolute atomic E-state index is 0.488. The van der Waals surface area contributed by atoms with Gasteiger partial charge in [0, 0.05) is 0 Å². The first kappa shape index (κ1) is 20.4. The van der Waals surface area contributed by atoms with Crippen LogP contribution in [-0.2, 0) is 0 Å². The van der Waals surface area contributed by atoms with Crippen molar-refractivity contribution in [3.63, 3.8) is 0 Å². The van der Waals surface area contributed by atoms with Crippen LogP contribution in [0, 0.1) is 0 Å². The topological polar surface area (TPSA) is 0 Å². The molecule has 0 aromatic carbocycles. The van der Waals surface area contributed by atoms with E-state index in [1.165, 1.54) is 89.9 Å². The van der Waals surface area contributed by atoms with Gasteiger partial charge in [0.25, 0.3) is 0 Å². The summed E-state index contributed by atoms with van der Waals surface area (Å²) in [4.78, 5) is 0. The van der Waals surface area contributed by atoms with Crippen molar-refractivity contribution in [1.29, 1.82) is 0 Å². The Labute approximate surface area is 144 Å². The van der Waals surface area contributed by atoms with Gasteiger partial charge in [0.05, 0.1) is 0 Å². The van der Waals surface area contributed by atoms with Crippen LogP contribution in [0.15, 0.2) is 0 Å². The van der Waals surface area contributed by atoms with Gasteiger partial charge in [0.2, 0.25) is 0 Å². The van der Waals surface area contributed by atoms with Crippen molar-refractivity contribution in [3.05, 3.63) is 0 Å². The first-order valence-electron chi connectivity index (χ1n) is 10.7. The molecule has 0 radical (unpaired) electrons. The summed E-state index contributed by atoms with van der Waals surface area (Å²) in [5.41, 5.74) is 0. The molecule has 0 amide bonds. The van der Waals surface area contributed by atoms with E-state index in [0.717, 1.165) is 0 Å². The lowest BCUT2D eigenvalue weighted by Crippen LogP contribution is -2.05. The van der Waals surface area contributed by atoms with Gasteiger partial charge >= 0.3 is 0 Å². The van der Waals surface area contributed by atoms with Gasteiger partial charge in [-0.15, -0.1) is 0 Å². The lowest BCUT2D eigenvalue weighted by atomic mass is 10.0. The molecule has 134 valence electrons. The smallest absolute Gasteiger partial charge is 0.0253 e. The van der Waals surface area contributed by atoms with Gasteiger partial charge < -0.3 is 0 Å². The summed E-state index contributed by atoms with van der Waals surface area (Å²) in [6, 6.07) is 0. The fourth-order valence-corrected chi connectivity index (χ4v) is 6.40. The standard InChI is InChI=1S/C21H44S/c1-2-3-4-5-6-7-8-9-10-11-12-13-14-16-19-22-20-17-15-18-21-22/h22H,2-21H2,1H3. The Balaban J connectivity index is 1.68. The Kier molecular flexibility index (Phi) is 15.0. The molecule has 1 saturated heterocycles. The lowest BCUT2D eigenvalue weighted by molar-refractivity contribution is 0.538. The van der Waals surface area contributed by atoms with E-state index in [0.29, 0.717) is 10.9 Å². The molecule has 0 aliphatic carbocycles. The average molecular weight is 329 g/mol. The molecule has 0 atom stereocenters. The molecule has 0 spiro atoms. The highest BCUT2D eigenvalue weighted by Crippen LogP contribution is 2.33. The van der Waals surface area contributed by atoms with Crippen molar-refractivity contribution < 1.29 is 0 Å². The number of hydrogen-bond acceptors (Lipinski definition) is 0. The van der Waals surface area contributed by atoms with Gasteiger partial charge in [-0.3, -0.25) is 10.9 Å². The van der Waals surface area contributed by atoms with Crippen LogP contribution in [0.3, 0.4) is 0 Å². The Morgan fingerprint density at radius 3 is 1.36 bits per heavy atom. The highest BCUT2D eigenvalue weighted by Gasteiger charge is 2.08. The summed E-state index contributed by atoms with van der Waals surface area (Å²) >= 11 is 0. The van der Waals surface area contributed by atoms with Crippen LogP contribution >= 0.6 is 10.9 Å². The van der Waals surface area contributed by atoms with Gasteiger partial charge in [0.1, 0.15) is 0 Å². The van der Waals surface area contributed by atoms with E-state index in [1.54, 1.807) is 36.5 Å². The first-order chi connectivity index (χ1) is 10.9. The van der Waals surface area contributed by atoms with Crippen molar-refractivity contribution >= 4 is 10.9 Å². The molecule has 22 heavy (non-hydrogen) atoms. The summed E-state index contributed by atoms with van der Waals surface area (Å²) in [6.07, 6.45) is 25.5. The van der Waals surface area contributed by atoms with Crippen LogP contribution in [0.1, 0.15) is 116 Å². The normalized spacial score (nSPS) is 17.0. The van der Waals surface area contributed by atoms with Gasteiger partial charge in [-0.1, -0.05) is 96.8 Å². The minimum atomic E-state index is 0.488. The zero-order chi connectivity index (χ0) is 15.7. The van der Waals surface area contributed by atoms with Crippen LogP contribution in [0.4, 0.5) is 0 Å². The summed E-state index contributed by atoms with van der Waals surface area (Å²) < 4.78 is 0. The number of unbranched alkanes of at least 4 members (excludes halogenated alkanes) is 13. The van der Waals surface area contributed by atoms with E-state index < -0.39 is 0 Å². The fraction of sp³-hybridized carbons (Fsp3) is 1.00. The Morgan fingerprint density at radius 2 is 0.909 bits per heavy atom. The zero-order valence-corrected chi connectivity index (χ0v) is 16.5. The molecule has 1 fully saturated rings. The van der Waals surface area contributed by atoms with E-state index in [1.807, 2.05) is 0 Å². The molecule has 0 unspecified atom stereocenters. The highest BCUT2D eigenvalue weighted by molar-refractivity contribution is 8.17. The predicted octanol–water partition coefficient (Wildman–Crippen LogP) is 7.65. The molecule has 0 saturated carbocycles. The highest BCUT2D eigenvalue weighted by atomic mass is 32.2. The molecular weight excluding hydrogens is 284 g/mol. The maximum atomic E-state index is 2.30. The second-order valence-corrected chi connectivity index (χ2v) is 10.2. The fourth-order valence-electron chi connectivity index (χ4n) is 3.71. The number of hydrogen-bond donors (Lipinski definition) is 1. The molecule has 0 nitrogen and oxygen atoms in total. The third-order valence-corrected chi connectivity index (χ3v) is 8.12. The lowest BCUT2D eigenvalue weighted by Gasteiger charge is -2.25. The van der Waals surface area contributed by atoms with E-state index in [4.69, 9.17) is 0 Å². The molecular formula is C21H44S. The Hall–Kier alpha value is 0.350. The average Bonchev–Trinajstić information content (AvgIpc) is 2.56. The van der Waals surface area contributed by atoms with Crippen molar-refractivity contribution in [3.8, 4) is 0 Å². The van der Waals surface area contributed by atoms with Crippen molar-refractivity contribution in [2.24, 2.45) is 0 Å². The Bertz CT molecular complexity index is 208. The van der Waals surface area contributed by atoms with Crippen LogP contribution in [-0.4, -0.2) is 17.3 Å². The summed E-state index contributed by atoms with van der Waals surface area (Å²) in [5.74, 6) is 4.81. The zero-order valence-electron chi connectivity index (χ0n) is 15.6. The van der Waals surface area contributed by atoms with Crippen LogP contribution in [0.2, 0.25) is 0 Å². The second-order valence-electron chi connectivity index (χ2n) is 7.50. The molecule has 1 heteroatoms. The number of thiol groups is 1. The SMILES string of the molecule is CCCCCCCCCCCCCCCC[SH]1CCCCC1. The molecule has 1 aliphatic heterocycles. The van der Waals surface area contributed by atoms with Crippen LogP contribution < -0.4 is 0 Å². The van der Waals surface area contributed by atoms with E-state index in [2.05, 4.69) is 6.92 Å². The van der Waals surface area contributed by atoms with Crippen LogP contribution in [0.5, 0.6) is 0 Å².